The largest absolute Gasteiger partial charge is 0.482 e. The Kier molecular flexibility index (Phi) is 5.74. The van der Waals surface area contributed by atoms with Crippen LogP contribution in [0.1, 0.15) is 13.3 Å². The van der Waals surface area contributed by atoms with Crippen molar-refractivity contribution in [2.45, 2.75) is 19.4 Å². The van der Waals surface area contributed by atoms with Crippen molar-refractivity contribution in [3.8, 4) is 5.75 Å². The lowest BCUT2D eigenvalue weighted by Gasteiger charge is -2.26. The quantitative estimate of drug-likeness (QED) is 0.748. The third-order valence-electron chi connectivity index (χ3n) is 3.56. The summed E-state index contributed by atoms with van der Waals surface area (Å²) in [7, 11) is -3.02. The molecule has 2 rings (SSSR count). The fourth-order valence-corrected chi connectivity index (χ4v) is 4.93. The Hall–Kier alpha value is -0.790. The Balaban J connectivity index is 1.98. The molecule has 1 amide bonds. The molecule has 122 valence electrons. The van der Waals surface area contributed by atoms with E-state index in [0.29, 0.717) is 23.7 Å². The van der Waals surface area contributed by atoms with E-state index >= 15 is 0 Å². The number of rotatable bonds is 5. The van der Waals surface area contributed by atoms with Gasteiger partial charge in [-0.05, 0) is 31.5 Å². The van der Waals surface area contributed by atoms with E-state index in [0.717, 1.165) is 4.47 Å². The van der Waals surface area contributed by atoms with Gasteiger partial charge in [-0.3, -0.25) is 4.79 Å². The molecule has 1 aromatic carbocycles. The van der Waals surface area contributed by atoms with E-state index in [4.69, 9.17) is 16.3 Å². The van der Waals surface area contributed by atoms with Crippen LogP contribution in [0.25, 0.3) is 0 Å². The Bertz CT molecular complexity index is 665. The molecule has 0 aliphatic carbocycles. The lowest BCUT2D eigenvalue weighted by atomic mass is 10.2. The number of hydrogen-bond donors (Lipinski definition) is 0. The number of benzene rings is 1. The average molecular weight is 411 g/mol. The zero-order valence-corrected chi connectivity index (χ0v) is 15.2. The Labute approximate surface area is 143 Å². The lowest BCUT2D eigenvalue weighted by molar-refractivity contribution is -0.135. The Morgan fingerprint density at radius 1 is 1.50 bits per heavy atom. The number of sulfone groups is 1. The highest BCUT2D eigenvalue weighted by atomic mass is 79.9. The summed E-state index contributed by atoms with van der Waals surface area (Å²) in [5.74, 6) is 0.365. The van der Waals surface area contributed by atoms with Gasteiger partial charge >= 0.3 is 0 Å². The zero-order chi connectivity index (χ0) is 16.3. The van der Waals surface area contributed by atoms with Crippen molar-refractivity contribution in [3.63, 3.8) is 0 Å². The molecule has 1 atom stereocenters. The first kappa shape index (κ1) is 17.6. The second-order valence-electron chi connectivity index (χ2n) is 5.10. The van der Waals surface area contributed by atoms with Crippen molar-refractivity contribution in [2.75, 3.05) is 24.7 Å². The molecule has 0 bridgehead atoms. The van der Waals surface area contributed by atoms with Crippen molar-refractivity contribution in [2.24, 2.45) is 0 Å². The van der Waals surface area contributed by atoms with Crippen molar-refractivity contribution < 1.29 is 17.9 Å². The first-order chi connectivity index (χ1) is 10.3. The van der Waals surface area contributed by atoms with Crippen LogP contribution in [0.15, 0.2) is 22.7 Å². The van der Waals surface area contributed by atoms with Gasteiger partial charge in [0.05, 0.1) is 16.5 Å². The fraction of sp³-hybridized carbons (Fsp3) is 0.500. The predicted molar refractivity (Wildman–Crippen MR) is 89.1 cm³/mol. The van der Waals surface area contributed by atoms with Crippen molar-refractivity contribution in [1.29, 1.82) is 0 Å². The van der Waals surface area contributed by atoms with Gasteiger partial charge in [-0.1, -0.05) is 27.5 Å². The highest BCUT2D eigenvalue weighted by Gasteiger charge is 2.33. The number of carbonyl (C=O) groups excluding carboxylic acids is 1. The molecule has 0 radical (unpaired) electrons. The van der Waals surface area contributed by atoms with E-state index in [1.165, 1.54) is 0 Å². The number of amides is 1. The predicted octanol–water partition coefficient (Wildman–Crippen LogP) is 2.52. The maximum Gasteiger partial charge on any atom is 0.260 e. The summed E-state index contributed by atoms with van der Waals surface area (Å²) < 4.78 is 29.4. The molecule has 1 aliphatic rings. The summed E-state index contributed by atoms with van der Waals surface area (Å²) in [5.41, 5.74) is 0. The summed E-state index contributed by atoms with van der Waals surface area (Å²) in [6.07, 6.45) is 0.487. The minimum Gasteiger partial charge on any atom is -0.482 e. The van der Waals surface area contributed by atoms with Crippen molar-refractivity contribution >= 4 is 43.3 Å². The molecule has 1 saturated heterocycles. The number of ether oxygens (including phenoxy) is 1. The van der Waals surface area contributed by atoms with Crippen LogP contribution in [-0.4, -0.2) is 49.9 Å². The normalized spacial score (nSPS) is 19.9. The van der Waals surface area contributed by atoms with Crippen LogP contribution < -0.4 is 4.74 Å². The molecule has 5 nitrogen and oxygen atoms in total. The van der Waals surface area contributed by atoms with Crippen molar-refractivity contribution in [1.82, 2.24) is 4.90 Å². The molecule has 1 heterocycles. The van der Waals surface area contributed by atoms with Crippen LogP contribution in [-0.2, 0) is 14.6 Å². The highest BCUT2D eigenvalue weighted by Crippen LogP contribution is 2.28. The lowest BCUT2D eigenvalue weighted by Crippen LogP contribution is -2.43. The Morgan fingerprint density at radius 2 is 2.23 bits per heavy atom. The average Bonchev–Trinajstić information content (AvgIpc) is 2.78. The van der Waals surface area contributed by atoms with Crippen LogP contribution in [0.4, 0.5) is 0 Å². The molecular weight excluding hydrogens is 394 g/mol. The van der Waals surface area contributed by atoms with E-state index in [-0.39, 0.29) is 30.1 Å². The second-order valence-corrected chi connectivity index (χ2v) is 8.65. The van der Waals surface area contributed by atoms with E-state index in [2.05, 4.69) is 15.9 Å². The SMILES string of the molecule is CCN(C(=O)COc1ccc(Br)cc1Cl)C1CCS(=O)(=O)C1. The van der Waals surface area contributed by atoms with Crippen molar-refractivity contribution in [3.05, 3.63) is 27.7 Å². The van der Waals surface area contributed by atoms with Gasteiger partial charge in [0.25, 0.3) is 5.91 Å². The van der Waals surface area contributed by atoms with Gasteiger partial charge in [0.2, 0.25) is 0 Å². The zero-order valence-electron chi connectivity index (χ0n) is 12.1. The van der Waals surface area contributed by atoms with Gasteiger partial charge < -0.3 is 9.64 Å². The van der Waals surface area contributed by atoms with Gasteiger partial charge in [0.1, 0.15) is 5.75 Å². The number of nitrogens with zero attached hydrogens (tertiary/aromatic N) is 1. The third-order valence-corrected chi connectivity index (χ3v) is 6.09. The van der Waals surface area contributed by atoms with Gasteiger partial charge in [-0.15, -0.1) is 0 Å². The number of likely N-dealkylation sites (N-methyl/N-ethyl adjacent to an activating group) is 1. The maximum absolute atomic E-state index is 12.3. The summed E-state index contributed by atoms with van der Waals surface area (Å²) in [5, 5.41) is 0.411. The molecule has 1 aromatic rings. The van der Waals surface area contributed by atoms with Gasteiger partial charge in [-0.2, -0.15) is 0 Å². The van der Waals surface area contributed by atoms with Crippen LogP contribution >= 0.6 is 27.5 Å². The topological polar surface area (TPSA) is 63.7 Å². The molecule has 0 aromatic heterocycles. The van der Waals surface area contributed by atoms with Crippen LogP contribution in [0.5, 0.6) is 5.75 Å². The van der Waals surface area contributed by atoms with E-state index in [9.17, 15) is 13.2 Å². The molecule has 22 heavy (non-hydrogen) atoms. The maximum atomic E-state index is 12.3. The summed E-state index contributed by atoms with van der Waals surface area (Å²) in [6.45, 7) is 2.12. The summed E-state index contributed by atoms with van der Waals surface area (Å²) >= 11 is 9.33. The first-order valence-corrected chi connectivity index (χ1v) is 9.89. The highest BCUT2D eigenvalue weighted by molar-refractivity contribution is 9.10. The molecule has 0 spiro atoms. The monoisotopic (exact) mass is 409 g/mol. The van der Waals surface area contributed by atoms with Gasteiger partial charge in [0.15, 0.2) is 16.4 Å². The van der Waals surface area contributed by atoms with E-state index in [1.807, 2.05) is 6.92 Å². The molecular formula is C14H17BrClNO4S. The van der Waals surface area contributed by atoms with Crippen LogP contribution in [0, 0.1) is 0 Å². The molecule has 1 aliphatic heterocycles. The third kappa shape index (κ3) is 4.36. The van der Waals surface area contributed by atoms with Crippen LogP contribution in [0.2, 0.25) is 5.02 Å². The molecule has 0 saturated carbocycles. The number of hydrogen-bond acceptors (Lipinski definition) is 4. The summed E-state index contributed by atoms with van der Waals surface area (Å²) in [4.78, 5) is 13.8. The number of halogens is 2. The van der Waals surface area contributed by atoms with E-state index in [1.54, 1.807) is 23.1 Å². The molecule has 8 heteroatoms. The minimum absolute atomic E-state index is 0.0334. The minimum atomic E-state index is -3.02. The first-order valence-electron chi connectivity index (χ1n) is 6.90. The standard InChI is InChI=1S/C14H17BrClNO4S/c1-2-17(11-5-6-22(19,20)9-11)14(18)8-21-13-4-3-10(15)7-12(13)16/h3-4,7,11H,2,5-6,8-9H2,1H3. The van der Waals surface area contributed by atoms with Gasteiger partial charge in [0, 0.05) is 17.1 Å². The second kappa shape index (κ2) is 7.19. The molecule has 1 fully saturated rings. The summed E-state index contributed by atoms with van der Waals surface area (Å²) in [6, 6.07) is 4.87. The Morgan fingerprint density at radius 3 is 2.77 bits per heavy atom. The number of carbonyl (C=O) groups is 1. The molecule has 0 N–H and O–H groups in total. The fourth-order valence-electron chi connectivity index (χ4n) is 2.47. The molecule has 1 unspecified atom stereocenters. The smallest absolute Gasteiger partial charge is 0.260 e. The van der Waals surface area contributed by atoms with Crippen LogP contribution in [0.3, 0.4) is 0 Å². The van der Waals surface area contributed by atoms with Gasteiger partial charge in [-0.25, -0.2) is 8.42 Å². The van der Waals surface area contributed by atoms with E-state index < -0.39 is 9.84 Å².